The standard InChI is InChI=1S/C26H23FN10/c1-15-12-37(14-31-15)19-4-5-29-25-23(19)32-26(33-25)24-20-18(34-35-24)11-30-22(21(20)27)17-8-16(9-28-10-17)13-36-6-2-3-7-36/h4-5,8-12,14H,2-3,6-7,13H2,1H3,(H,34,35)(H,29,32,33). The summed E-state index contributed by atoms with van der Waals surface area (Å²) in [4.78, 5) is 27.8. The molecule has 0 saturated carbocycles. The number of nitrogens with zero attached hydrogens (tertiary/aromatic N) is 8. The summed E-state index contributed by atoms with van der Waals surface area (Å²) in [6.07, 6.45) is 12.8. The zero-order valence-corrected chi connectivity index (χ0v) is 20.1. The number of aromatic nitrogens is 9. The third kappa shape index (κ3) is 3.75. The molecule has 0 spiro atoms. The number of hydrogen-bond donors (Lipinski definition) is 2. The van der Waals surface area contributed by atoms with E-state index in [0.29, 0.717) is 39.1 Å². The van der Waals surface area contributed by atoms with Crippen LogP contribution in [0.3, 0.4) is 0 Å². The molecule has 1 fully saturated rings. The normalized spacial score (nSPS) is 14.3. The fraction of sp³-hybridized carbons (Fsp3) is 0.231. The van der Waals surface area contributed by atoms with Crippen LogP contribution >= 0.6 is 0 Å². The molecule has 2 N–H and O–H groups in total. The summed E-state index contributed by atoms with van der Waals surface area (Å²) < 4.78 is 17.9. The number of nitrogens with one attached hydrogen (secondary N) is 2. The van der Waals surface area contributed by atoms with Gasteiger partial charge < -0.3 is 9.55 Å². The summed E-state index contributed by atoms with van der Waals surface area (Å²) >= 11 is 0. The monoisotopic (exact) mass is 494 g/mol. The molecule has 7 heterocycles. The fourth-order valence-corrected chi connectivity index (χ4v) is 5.02. The summed E-state index contributed by atoms with van der Waals surface area (Å²) in [6.45, 7) is 4.88. The van der Waals surface area contributed by atoms with Gasteiger partial charge in [-0.2, -0.15) is 5.10 Å². The van der Waals surface area contributed by atoms with Crippen molar-refractivity contribution in [3.8, 4) is 28.5 Å². The van der Waals surface area contributed by atoms with Crippen LogP contribution in [0.15, 0.2) is 49.4 Å². The Hall–Kier alpha value is -4.51. The van der Waals surface area contributed by atoms with E-state index in [0.717, 1.165) is 36.6 Å². The van der Waals surface area contributed by atoms with Crippen molar-refractivity contribution in [2.24, 2.45) is 0 Å². The third-order valence-electron chi connectivity index (χ3n) is 6.80. The maximum atomic E-state index is 16.0. The average molecular weight is 495 g/mol. The smallest absolute Gasteiger partial charge is 0.161 e. The van der Waals surface area contributed by atoms with Crippen molar-refractivity contribution in [3.63, 3.8) is 0 Å². The van der Waals surface area contributed by atoms with E-state index in [9.17, 15) is 0 Å². The first kappa shape index (κ1) is 21.7. The van der Waals surface area contributed by atoms with Crippen LogP contribution in [-0.2, 0) is 6.54 Å². The number of likely N-dealkylation sites (tertiary alicyclic amines) is 1. The molecule has 6 aromatic heterocycles. The Labute approximate surface area is 210 Å². The van der Waals surface area contributed by atoms with Gasteiger partial charge in [0, 0.05) is 36.9 Å². The summed E-state index contributed by atoms with van der Waals surface area (Å²) in [5, 5.41) is 7.58. The second kappa shape index (κ2) is 8.56. The fourth-order valence-electron chi connectivity index (χ4n) is 5.02. The minimum absolute atomic E-state index is 0.231. The Bertz CT molecular complexity index is 1760. The van der Waals surface area contributed by atoms with Gasteiger partial charge in [0.1, 0.15) is 16.9 Å². The third-order valence-corrected chi connectivity index (χ3v) is 6.80. The van der Waals surface area contributed by atoms with E-state index in [4.69, 9.17) is 4.98 Å². The zero-order valence-electron chi connectivity index (χ0n) is 20.1. The highest BCUT2D eigenvalue weighted by Gasteiger charge is 2.22. The number of aryl methyl sites for hydroxylation is 1. The van der Waals surface area contributed by atoms with Crippen LogP contribution < -0.4 is 0 Å². The van der Waals surface area contributed by atoms with E-state index in [2.05, 4.69) is 40.0 Å². The van der Waals surface area contributed by atoms with E-state index < -0.39 is 5.82 Å². The van der Waals surface area contributed by atoms with Gasteiger partial charge in [-0.05, 0) is 50.6 Å². The van der Waals surface area contributed by atoms with Crippen molar-refractivity contribution < 1.29 is 4.39 Å². The van der Waals surface area contributed by atoms with E-state index >= 15 is 4.39 Å². The van der Waals surface area contributed by atoms with Crippen molar-refractivity contribution in [1.82, 2.24) is 49.6 Å². The van der Waals surface area contributed by atoms with Crippen molar-refractivity contribution in [2.45, 2.75) is 26.3 Å². The molecule has 0 atom stereocenters. The number of H-pyrrole nitrogens is 2. The minimum atomic E-state index is -0.472. The molecule has 11 heteroatoms. The van der Waals surface area contributed by atoms with Crippen LogP contribution in [0.4, 0.5) is 4.39 Å². The molecule has 184 valence electrons. The molecule has 1 aliphatic rings. The van der Waals surface area contributed by atoms with Crippen LogP contribution in [0.1, 0.15) is 24.1 Å². The maximum Gasteiger partial charge on any atom is 0.161 e. The van der Waals surface area contributed by atoms with Crippen LogP contribution in [0.5, 0.6) is 0 Å². The SMILES string of the molecule is Cc1cn(-c2ccnc3[nH]c(-c4n[nH]c5cnc(-c6cncc(CN7CCCC7)c6)c(F)c45)nc23)cn1. The highest BCUT2D eigenvalue weighted by Crippen LogP contribution is 2.33. The molecule has 0 bridgehead atoms. The van der Waals surface area contributed by atoms with Gasteiger partial charge >= 0.3 is 0 Å². The Morgan fingerprint density at radius 2 is 1.95 bits per heavy atom. The lowest BCUT2D eigenvalue weighted by atomic mass is 10.1. The number of fused-ring (bicyclic) bond motifs is 2. The molecule has 37 heavy (non-hydrogen) atoms. The minimum Gasteiger partial charge on any atom is -0.321 e. The van der Waals surface area contributed by atoms with Gasteiger partial charge in [-0.15, -0.1) is 0 Å². The first-order valence-electron chi connectivity index (χ1n) is 12.2. The van der Waals surface area contributed by atoms with Gasteiger partial charge in [0.2, 0.25) is 0 Å². The zero-order chi connectivity index (χ0) is 24.9. The van der Waals surface area contributed by atoms with Gasteiger partial charge in [0.25, 0.3) is 0 Å². The molecular weight excluding hydrogens is 471 g/mol. The van der Waals surface area contributed by atoms with Gasteiger partial charge in [-0.25, -0.2) is 19.3 Å². The Morgan fingerprint density at radius 1 is 1.05 bits per heavy atom. The number of aromatic amines is 2. The lowest BCUT2D eigenvalue weighted by Crippen LogP contribution is -2.18. The van der Waals surface area contributed by atoms with Gasteiger partial charge in [0.15, 0.2) is 17.3 Å². The van der Waals surface area contributed by atoms with E-state index in [1.807, 2.05) is 36.0 Å². The Kier molecular flexibility index (Phi) is 5.03. The quantitative estimate of drug-likeness (QED) is 0.369. The summed E-state index contributed by atoms with van der Waals surface area (Å²) in [5.74, 6) is -0.0600. The molecular formula is C26H23FN10. The topological polar surface area (TPSA) is 117 Å². The largest absolute Gasteiger partial charge is 0.321 e. The highest BCUT2D eigenvalue weighted by molar-refractivity contribution is 5.95. The second-order valence-electron chi connectivity index (χ2n) is 9.38. The van der Waals surface area contributed by atoms with Gasteiger partial charge in [0.05, 0.1) is 34.8 Å². The predicted octanol–water partition coefficient (Wildman–Crippen LogP) is 4.19. The second-order valence-corrected chi connectivity index (χ2v) is 9.38. The number of pyridine rings is 3. The van der Waals surface area contributed by atoms with Gasteiger partial charge in [-0.1, -0.05) is 0 Å². The van der Waals surface area contributed by atoms with E-state index in [1.165, 1.54) is 12.8 Å². The number of imidazole rings is 2. The van der Waals surface area contributed by atoms with Crippen LogP contribution in [0.2, 0.25) is 0 Å². The van der Waals surface area contributed by atoms with E-state index in [-0.39, 0.29) is 5.69 Å². The van der Waals surface area contributed by atoms with Crippen LogP contribution in [-0.4, -0.2) is 62.7 Å². The highest BCUT2D eigenvalue weighted by atomic mass is 19.1. The molecule has 10 nitrogen and oxygen atoms in total. The molecule has 1 aliphatic heterocycles. The lowest BCUT2D eigenvalue weighted by Gasteiger charge is -2.14. The first-order chi connectivity index (χ1) is 18.1. The summed E-state index contributed by atoms with van der Waals surface area (Å²) in [6, 6.07) is 3.83. The van der Waals surface area contributed by atoms with Crippen molar-refractivity contribution in [2.75, 3.05) is 13.1 Å². The number of hydrogen-bond acceptors (Lipinski definition) is 7. The molecule has 6 aromatic rings. The lowest BCUT2D eigenvalue weighted by molar-refractivity contribution is 0.331. The number of halogens is 1. The Morgan fingerprint density at radius 3 is 2.78 bits per heavy atom. The maximum absolute atomic E-state index is 16.0. The molecule has 0 radical (unpaired) electrons. The number of rotatable bonds is 5. The van der Waals surface area contributed by atoms with Crippen LogP contribution in [0, 0.1) is 12.7 Å². The van der Waals surface area contributed by atoms with Gasteiger partial charge in [-0.3, -0.25) is 20.0 Å². The molecule has 0 unspecified atom stereocenters. The molecule has 1 saturated heterocycles. The van der Waals surface area contributed by atoms with E-state index in [1.54, 1.807) is 24.9 Å². The predicted molar refractivity (Wildman–Crippen MR) is 136 cm³/mol. The molecule has 7 rings (SSSR count). The summed E-state index contributed by atoms with van der Waals surface area (Å²) in [7, 11) is 0. The average Bonchev–Trinajstić information content (AvgIpc) is 3.70. The molecule has 0 aliphatic carbocycles. The van der Waals surface area contributed by atoms with Crippen LogP contribution in [0.25, 0.3) is 50.5 Å². The summed E-state index contributed by atoms with van der Waals surface area (Å²) in [5.41, 5.74) is 5.67. The van der Waals surface area contributed by atoms with Crippen molar-refractivity contribution >= 4 is 22.1 Å². The van der Waals surface area contributed by atoms with Crippen molar-refractivity contribution in [3.05, 3.63) is 66.5 Å². The molecule has 0 aromatic carbocycles. The molecule has 0 amide bonds. The Balaban J connectivity index is 1.31. The van der Waals surface area contributed by atoms with Crippen molar-refractivity contribution in [1.29, 1.82) is 0 Å². The first-order valence-corrected chi connectivity index (χ1v) is 12.2.